The van der Waals surface area contributed by atoms with Gasteiger partial charge in [-0.3, -0.25) is 4.90 Å². The van der Waals surface area contributed by atoms with Crippen molar-refractivity contribution in [2.75, 3.05) is 7.05 Å². The van der Waals surface area contributed by atoms with Crippen molar-refractivity contribution >= 4 is 0 Å². The van der Waals surface area contributed by atoms with Crippen LogP contribution in [0.15, 0.2) is 12.4 Å². The number of imidazole rings is 1. The second kappa shape index (κ2) is 7.29. The first-order valence-electron chi connectivity index (χ1n) is 7.73. The zero-order valence-corrected chi connectivity index (χ0v) is 12.6. The standard InChI is InChI=1S/C15H24F3N3/c1-20(13-7-5-3-2-4-6-8-13)11-14-19-9-10-21(14)12-15(16,17)18/h9-10,13H,2-8,11-12H2,1H3. The molecule has 1 aromatic rings. The van der Waals surface area contributed by atoms with E-state index in [0.717, 1.165) is 12.8 Å². The molecule has 1 aliphatic carbocycles. The second-order valence-corrected chi connectivity index (χ2v) is 6.00. The Kier molecular flexibility index (Phi) is 5.67. The lowest BCUT2D eigenvalue weighted by Gasteiger charge is -2.29. The Labute approximate surface area is 124 Å². The van der Waals surface area contributed by atoms with Gasteiger partial charge in [0.1, 0.15) is 12.4 Å². The van der Waals surface area contributed by atoms with Gasteiger partial charge in [-0.25, -0.2) is 4.98 Å². The van der Waals surface area contributed by atoms with Gasteiger partial charge >= 0.3 is 6.18 Å². The largest absolute Gasteiger partial charge is 0.406 e. The van der Waals surface area contributed by atoms with Crippen LogP contribution in [0.1, 0.15) is 50.8 Å². The molecule has 1 heterocycles. The van der Waals surface area contributed by atoms with Crippen molar-refractivity contribution < 1.29 is 13.2 Å². The summed E-state index contributed by atoms with van der Waals surface area (Å²) < 4.78 is 38.8. The molecule has 1 aliphatic rings. The molecule has 0 bridgehead atoms. The zero-order chi connectivity index (χ0) is 15.3. The summed E-state index contributed by atoms with van der Waals surface area (Å²) >= 11 is 0. The molecule has 0 amide bonds. The number of hydrogen-bond donors (Lipinski definition) is 0. The molecule has 0 aliphatic heterocycles. The number of alkyl halides is 3. The SMILES string of the molecule is CN(Cc1nccn1CC(F)(F)F)C1CCCCCCC1. The fraction of sp³-hybridized carbons (Fsp3) is 0.800. The maximum Gasteiger partial charge on any atom is 0.406 e. The molecule has 1 aromatic heterocycles. The van der Waals surface area contributed by atoms with E-state index < -0.39 is 12.7 Å². The Morgan fingerprint density at radius 1 is 1.19 bits per heavy atom. The van der Waals surface area contributed by atoms with E-state index in [-0.39, 0.29) is 0 Å². The van der Waals surface area contributed by atoms with Gasteiger partial charge in [-0.2, -0.15) is 13.2 Å². The van der Waals surface area contributed by atoms with Gasteiger partial charge in [-0.1, -0.05) is 32.1 Å². The predicted molar refractivity (Wildman–Crippen MR) is 75.9 cm³/mol. The van der Waals surface area contributed by atoms with Gasteiger partial charge in [0.15, 0.2) is 0 Å². The van der Waals surface area contributed by atoms with Crippen LogP contribution in [0, 0.1) is 0 Å². The van der Waals surface area contributed by atoms with E-state index in [1.807, 2.05) is 7.05 Å². The van der Waals surface area contributed by atoms with Gasteiger partial charge in [0.25, 0.3) is 0 Å². The highest BCUT2D eigenvalue weighted by Crippen LogP contribution is 2.23. The first kappa shape index (κ1) is 16.3. The second-order valence-electron chi connectivity index (χ2n) is 6.00. The Morgan fingerprint density at radius 3 is 2.43 bits per heavy atom. The van der Waals surface area contributed by atoms with Crippen molar-refractivity contribution in [3.8, 4) is 0 Å². The van der Waals surface area contributed by atoms with E-state index in [0.29, 0.717) is 18.4 Å². The van der Waals surface area contributed by atoms with Crippen LogP contribution in [0.25, 0.3) is 0 Å². The average Bonchev–Trinajstić information content (AvgIpc) is 2.73. The van der Waals surface area contributed by atoms with Crippen LogP contribution < -0.4 is 0 Å². The first-order chi connectivity index (χ1) is 9.96. The van der Waals surface area contributed by atoms with Crippen LogP contribution in [0.5, 0.6) is 0 Å². The van der Waals surface area contributed by atoms with Crippen LogP contribution in [0.3, 0.4) is 0 Å². The highest BCUT2D eigenvalue weighted by Gasteiger charge is 2.29. The quantitative estimate of drug-likeness (QED) is 0.838. The summed E-state index contributed by atoms with van der Waals surface area (Å²) in [6, 6.07) is 0.460. The van der Waals surface area contributed by atoms with E-state index in [1.165, 1.54) is 49.1 Å². The summed E-state index contributed by atoms with van der Waals surface area (Å²) in [6.45, 7) is -0.478. The lowest BCUT2D eigenvalue weighted by molar-refractivity contribution is -0.141. The maximum atomic E-state index is 12.5. The molecule has 0 atom stereocenters. The van der Waals surface area contributed by atoms with Gasteiger partial charge in [-0.05, 0) is 19.9 Å². The molecule has 0 spiro atoms. The molecule has 6 heteroatoms. The minimum atomic E-state index is -4.20. The Morgan fingerprint density at radius 2 is 1.81 bits per heavy atom. The summed E-state index contributed by atoms with van der Waals surface area (Å²) in [5, 5.41) is 0. The summed E-state index contributed by atoms with van der Waals surface area (Å²) in [6.07, 6.45) is 7.22. The van der Waals surface area contributed by atoms with Crippen molar-refractivity contribution in [2.24, 2.45) is 0 Å². The average molecular weight is 303 g/mol. The van der Waals surface area contributed by atoms with Crippen molar-refractivity contribution in [2.45, 2.75) is 70.3 Å². The van der Waals surface area contributed by atoms with E-state index in [1.54, 1.807) is 0 Å². The fourth-order valence-corrected chi connectivity index (χ4v) is 3.06. The van der Waals surface area contributed by atoms with Crippen LogP contribution in [0.4, 0.5) is 13.2 Å². The lowest BCUT2D eigenvalue weighted by Crippen LogP contribution is -2.33. The normalized spacial score (nSPS) is 18.7. The zero-order valence-electron chi connectivity index (χ0n) is 12.6. The number of rotatable bonds is 4. The van der Waals surface area contributed by atoms with Crippen molar-refractivity contribution in [1.29, 1.82) is 0 Å². The van der Waals surface area contributed by atoms with Crippen LogP contribution in [0.2, 0.25) is 0 Å². The van der Waals surface area contributed by atoms with E-state index in [4.69, 9.17) is 0 Å². The minimum absolute atomic E-state index is 0.460. The van der Waals surface area contributed by atoms with Gasteiger partial charge in [-0.15, -0.1) is 0 Å². The molecule has 1 fully saturated rings. The lowest BCUT2D eigenvalue weighted by atomic mass is 9.96. The fourth-order valence-electron chi connectivity index (χ4n) is 3.06. The van der Waals surface area contributed by atoms with Gasteiger partial charge < -0.3 is 4.57 Å². The molecule has 120 valence electrons. The van der Waals surface area contributed by atoms with Crippen LogP contribution in [-0.2, 0) is 13.1 Å². The van der Waals surface area contributed by atoms with Crippen LogP contribution >= 0.6 is 0 Å². The first-order valence-corrected chi connectivity index (χ1v) is 7.73. The third-order valence-electron chi connectivity index (χ3n) is 4.24. The number of nitrogens with zero attached hydrogens (tertiary/aromatic N) is 3. The van der Waals surface area contributed by atoms with Crippen molar-refractivity contribution in [3.63, 3.8) is 0 Å². The molecule has 21 heavy (non-hydrogen) atoms. The topological polar surface area (TPSA) is 21.1 Å². The third kappa shape index (κ3) is 5.34. The number of halogens is 3. The highest BCUT2D eigenvalue weighted by atomic mass is 19.4. The third-order valence-corrected chi connectivity index (χ3v) is 4.24. The van der Waals surface area contributed by atoms with E-state index in [2.05, 4.69) is 9.88 Å². The van der Waals surface area contributed by atoms with Crippen molar-refractivity contribution in [3.05, 3.63) is 18.2 Å². The smallest absolute Gasteiger partial charge is 0.325 e. The monoisotopic (exact) mass is 303 g/mol. The molecule has 0 unspecified atom stereocenters. The van der Waals surface area contributed by atoms with E-state index in [9.17, 15) is 13.2 Å². The Balaban J connectivity index is 1.95. The molecular formula is C15H24F3N3. The van der Waals surface area contributed by atoms with E-state index >= 15 is 0 Å². The van der Waals surface area contributed by atoms with Gasteiger partial charge in [0.2, 0.25) is 0 Å². The molecule has 0 N–H and O–H groups in total. The molecule has 0 radical (unpaired) electrons. The molecule has 0 aromatic carbocycles. The predicted octanol–water partition coefficient (Wildman–Crippen LogP) is 3.99. The molecule has 0 saturated heterocycles. The summed E-state index contributed by atoms with van der Waals surface area (Å²) in [7, 11) is 2.00. The van der Waals surface area contributed by atoms with Crippen molar-refractivity contribution in [1.82, 2.24) is 14.5 Å². The molecular weight excluding hydrogens is 279 g/mol. The molecule has 3 nitrogen and oxygen atoms in total. The van der Waals surface area contributed by atoms with Gasteiger partial charge in [0, 0.05) is 18.4 Å². The Bertz CT molecular complexity index is 420. The summed E-state index contributed by atoms with van der Waals surface area (Å²) in [5.74, 6) is 0.497. The molecule has 2 rings (SSSR count). The van der Waals surface area contributed by atoms with Crippen LogP contribution in [-0.4, -0.2) is 33.7 Å². The summed E-state index contributed by atoms with van der Waals surface area (Å²) in [5.41, 5.74) is 0. The summed E-state index contributed by atoms with van der Waals surface area (Å²) in [4.78, 5) is 6.27. The number of aromatic nitrogens is 2. The maximum absolute atomic E-state index is 12.5. The number of hydrogen-bond acceptors (Lipinski definition) is 2. The Hall–Kier alpha value is -1.04. The minimum Gasteiger partial charge on any atom is -0.325 e. The molecule has 1 saturated carbocycles. The highest BCUT2D eigenvalue weighted by molar-refractivity contribution is 4.93. The van der Waals surface area contributed by atoms with Gasteiger partial charge in [0.05, 0.1) is 6.54 Å².